The third-order valence-corrected chi connectivity index (χ3v) is 7.96. The quantitative estimate of drug-likeness (QED) is 0.535. The molecule has 2 N–H and O–H groups in total. The number of fused-ring (bicyclic) bond motifs is 2. The molecule has 1 saturated heterocycles. The van der Waals surface area contributed by atoms with Gasteiger partial charge in [-0.1, -0.05) is 11.6 Å². The second kappa shape index (κ2) is 8.89. The van der Waals surface area contributed by atoms with Crippen LogP contribution in [0, 0.1) is 0 Å². The Labute approximate surface area is 196 Å². The van der Waals surface area contributed by atoms with Gasteiger partial charge >= 0.3 is 6.09 Å². The molecule has 0 radical (unpaired) electrons. The van der Waals surface area contributed by atoms with E-state index in [1.165, 1.54) is 11.3 Å². The number of aliphatic hydroxyl groups is 1. The van der Waals surface area contributed by atoms with Crippen LogP contribution in [0.4, 0.5) is 10.5 Å². The Bertz CT molecular complexity index is 1160. The maximum atomic E-state index is 11.5. The first-order valence-corrected chi connectivity index (χ1v) is 12.3. The smallest absolute Gasteiger partial charge is 0.407 e. The van der Waals surface area contributed by atoms with E-state index in [9.17, 15) is 15.0 Å². The minimum Gasteiger partial charge on any atom is -0.465 e. The van der Waals surface area contributed by atoms with E-state index in [1.807, 2.05) is 24.4 Å². The molecule has 2 aliphatic rings. The number of carboxylic acid groups (broad SMARTS) is 1. The van der Waals surface area contributed by atoms with Crippen molar-refractivity contribution in [3.05, 3.63) is 45.9 Å². The van der Waals surface area contributed by atoms with Gasteiger partial charge in [-0.15, -0.1) is 11.3 Å². The Balaban J connectivity index is 1.61. The van der Waals surface area contributed by atoms with Crippen LogP contribution in [-0.2, 0) is 13.0 Å². The first-order valence-electron chi connectivity index (χ1n) is 11.1. The van der Waals surface area contributed by atoms with Gasteiger partial charge in [0.15, 0.2) is 0 Å². The van der Waals surface area contributed by atoms with Crippen molar-refractivity contribution in [3.8, 4) is 11.1 Å². The van der Waals surface area contributed by atoms with Crippen molar-refractivity contribution < 1.29 is 15.0 Å². The third kappa shape index (κ3) is 3.93. The highest BCUT2D eigenvalue weighted by molar-refractivity contribution is 7.19. The maximum Gasteiger partial charge on any atom is 0.407 e. The molecule has 32 heavy (non-hydrogen) atoms. The van der Waals surface area contributed by atoms with Crippen LogP contribution in [0.5, 0.6) is 0 Å². The van der Waals surface area contributed by atoms with E-state index in [2.05, 4.69) is 16.0 Å². The Morgan fingerprint density at radius 2 is 2.03 bits per heavy atom. The summed E-state index contributed by atoms with van der Waals surface area (Å²) in [6.45, 7) is 2.13. The SMILES string of the molecule is O=C(O)N1CCC[C@@H](N2CCCc3cc(Cl)cc(-c4ccnc5cc(CO)sc45)c32)CC1. The van der Waals surface area contributed by atoms with Crippen LogP contribution >= 0.6 is 22.9 Å². The zero-order chi connectivity index (χ0) is 22.2. The number of amides is 1. The lowest BCUT2D eigenvalue weighted by molar-refractivity contribution is 0.147. The number of halogens is 1. The summed E-state index contributed by atoms with van der Waals surface area (Å²) < 4.78 is 1.06. The molecule has 1 fully saturated rings. The van der Waals surface area contributed by atoms with Gasteiger partial charge in [-0.2, -0.15) is 0 Å². The van der Waals surface area contributed by atoms with Crippen LogP contribution in [0.15, 0.2) is 30.5 Å². The summed E-state index contributed by atoms with van der Waals surface area (Å²) in [5.41, 5.74) is 5.55. The number of aliphatic hydroxyl groups excluding tert-OH is 1. The molecule has 0 unspecified atom stereocenters. The fourth-order valence-electron chi connectivity index (χ4n) is 5.17. The zero-order valence-electron chi connectivity index (χ0n) is 17.8. The first-order chi connectivity index (χ1) is 15.5. The highest BCUT2D eigenvalue weighted by Crippen LogP contribution is 2.45. The van der Waals surface area contributed by atoms with Crippen molar-refractivity contribution >= 4 is 44.9 Å². The Kier molecular flexibility index (Phi) is 5.97. The lowest BCUT2D eigenvalue weighted by Gasteiger charge is -2.39. The summed E-state index contributed by atoms with van der Waals surface area (Å²) in [5, 5.41) is 19.8. The van der Waals surface area contributed by atoms with Gasteiger partial charge in [-0.3, -0.25) is 4.98 Å². The first kappa shape index (κ1) is 21.5. The topological polar surface area (TPSA) is 76.9 Å². The Morgan fingerprint density at radius 1 is 1.16 bits per heavy atom. The van der Waals surface area contributed by atoms with E-state index in [0.717, 1.165) is 69.9 Å². The molecule has 0 bridgehead atoms. The number of thiophene rings is 1. The molecule has 3 aromatic rings. The standard InChI is InChI=1S/C24H26ClN3O3S/c25-16-11-15-3-1-9-28(17-4-2-8-27(10-6-17)24(30)31)22(15)20(12-16)19-5-7-26-21-13-18(14-29)32-23(19)21/h5,7,11-13,17,29H,1-4,6,8-10,14H2,(H,30,31)/t17-/m1/s1. The molecule has 2 aliphatic heterocycles. The highest BCUT2D eigenvalue weighted by Gasteiger charge is 2.30. The van der Waals surface area contributed by atoms with E-state index in [1.54, 1.807) is 16.2 Å². The molecule has 5 rings (SSSR count). The number of carbonyl (C=O) groups is 1. The van der Waals surface area contributed by atoms with E-state index in [0.29, 0.717) is 19.1 Å². The number of aromatic nitrogens is 1. The molecule has 0 aliphatic carbocycles. The van der Waals surface area contributed by atoms with Crippen molar-refractivity contribution in [2.45, 2.75) is 44.8 Å². The van der Waals surface area contributed by atoms with Crippen molar-refractivity contribution in [1.29, 1.82) is 0 Å². The number of benzene rings is 1. The van der Waals surface area contributed by atoms with Crippen LogP contribution in [0.3, 0.4) is 0 Å². The van der Waals surface area contributed by atoms with Crippen molar-refractivity contribution in [2.24, 2.45) is 0 Å². The van der Waals surface area contributed by atoms with E-state index < -0.39 is 6.09 Å². The third-order valence-electron chi connectivity index (χ3n) is 6.60. The molecule has 1 atom stereocenters. The normalized spacial score (nSPS) is 19.1. The summed E-state index contributed by atoms with van der Waals surface area (Å²) in [5.74, 6) is 0. The molecular weight excluding hydrogens is 446 g/mol. The van der Waals surface area contributed by atoms with Crippen LogP contribution < -0.4 is 4.90 Å². The monoisotopic (exact) mass is 471 g/mol. The molecule has 8 heteroatoms. The Morgan fingerprint density at radius 3 is 2.84 bits per heavy atom. The molecule has 6 nitrogen and oxygen atoms in total. The second-order valence-corrected chi connectivity index (χ2v) is 10.1. The molecular formula is C24H26ClN3O3S. The molecule has 168 valence electrons. The van der Waals surface area contributed by atoms with Gasteiger partial charge in [-0.05, 0) is 61.9 Å². The number of hydrogen-bond donors (Lipinski definition) is 2. The lowest BCUT2D eigenvalue weighted by Crippen LogP contribution is -2.40. The molecule has 2 aromatic heterocycles. The summed E-state index contributed by atoms with van der Waals surface area (Å²) in [6, 6.07) is 8.42. The summed E-state index contributed by atoms with van der Waals surface area (Å²) >= 11 is 8.16. The van der Waals surface area contributed by atoms with Gasteiger partial charge in [0.2, 0.25) is 0 Å². The van der Waals surface area contributed by atoms with Gasteiger partial charge in [-0.25, -0.2) is 4.79 Å². The lowest BCUT2D eigenvalue weighted by atomic mass is 9.91. The predicted molar refractivity (Wildman–Crippen MR) is 129 cm³/mol. The maximum absolute atomic E-state index is 11.5. The zero-order valence-corrected chi connectivity index (χ0v) is 19.3. The Hall–Kier alpha value is -2.35. The average Bonchev–Trinajstić information content (AvgIpc) is 3.06. The van der Waals surface area contributed by atoms with Crippen molar-refractivity contribution in [2.75, 3.05) is 24.5 Å². The number of aryl methyl sites for hydroxylation is 1. The number of nitrogens with zero attached hydrogens (tertiary/aromatic N) is 3. The van der Waals surface area contributed by atoms with Crippen molar-refractivity contribution in [1.82, 2.24) is 9.88 Å². The minimum atomic E-state index is -0.825. The summed E-state index contributed by atoms with van der Waals surface area (Å²) in [6.07, 6.45) is 5.71. The van der Waals surface area contributed by atoms with Gasteiger partial charge in [0.1, 0.15) is 0 Å². The number of rotatable bonds is 3. The summed E-state index contributed by atoms with van der Waals surface area (Å²) in [4.78, 5) is 20.9. The molecule has 1 aromatic carbocycles. The fourth-order valence-corrected chi connectivity index (χ4v) is 6.41. The largest absolute Gasteiger partial charge is 0.465 e. The molecule has 4 heterocycles. The number of pyridine rings is 1. The van der Waals surface area contributed by atoms with E-state index >= 15 is 0 Å². The van der Waals surface area contributed by atoms with Crippen LogP contribution in [0.2, 0.25) is 5.02 Å². The molecule has 0 spiro atoms. The van der Waals surface area contributed by atoms with Gasteiger partial charge in [0.05, 0.1) is 16.8 Å². The van der Waals surface area contributed by atoms with Gasteiger partial charge in [0.25, 0.3) is 0 Å². The molecule has 0 saturated carbocycles. The fraction of sp³-hybridized carbons (Fsp3) is 0.417. The van der Waals surface area contributed by atoms with Crippen LogP contribution in [0.1, 0.15) is 36.1 Å². The predicted octanol–water partition coefficient (Wildman–Crippen LogP) is 5.39. The minimum absolute atomic E-state index is 0.00238. The van der Waals surface area contributed by atoms with Gasteiger partial charge < -0.3 is 20.0 Å². The number of hydrogen-bond acceptors (Lipinski definition) is 5. The van der Waals surface area contributed by atoms with Crippen molar-refractivity contribution in [3.63, 3.8) is 0 Å². The summed E-state index contributed by atoms with van der Waals surface area (Å²) in [7, 11) is 0. The number of likely N-dealkylation sites (tertiary alicyclic amines) is 1. The average molecular weight is 472 g/mol. The van der Waals surface area contributed by atoms with Crippen LogP contribution in [-0.4, -0.2) is 51.9 Å². The van der Waals surface area contributed by atoms with Gasteiger partial charge in [0, 0.05) is 58.6 Å². The second-order valence-electron chi connectivity index (χ2n) is 8.56. The highest BCUT2D eigenvalue weighted by atomic mass is 35.5. The van der Waals surface area contributed by atoms with E-state index in [4.69, 9.17) is 11.6 Å². The number of anilines is 1. The van der Waals surface area contributed by atoms with E-state index in [-0.39, 0.29) is 6.61 Å². The molecule has 1 amide bonds. The van der Waals surface area contributed by atoms with Crippen LogP contribution in [0.25, 0.3) is 21.3 Å².